The zero-order valence-electron chi connectivity index (χ0n) is 38.5. The van der Waals surface area contributed by atoms with Crippen molar-refractivity contribution >= 4 is 85.2 Å². The third-order valence-electron chi connectivity index (χ3n) is 13.7. The Morgan fingerprint density at radius 1 is 0.354 bits per heavy atom. The predicted molar refractivity (Wildman–Crippen MR) is 294 cm³/mol. The molecule has 8 aromatic rings. The summed E-state index contributed by atoms with van der Waals surface area (Å²) in [6.07, 6.45) is 10.0. The molecule has 2 heterocycles. The number of hydrogen-bond donors (Lipinski definition) is 0. The Morgan fingerprint density at radius 3 is 1.18 bits per heavy atom. The number of rotatable bonds is 9. The van der Waals surface area contributed by atoms with E-state index in [1.807, 2.05) is 0 Å². The Morgan fingerprint density at radius 2 is 0.723 bits per heavy atom. The van der Waals surface area contributed by atoms with Gasteiger partial charge in [-0.25, -0.2) is 14.7 Å². The number of hydrogen-bond acceptors (Lipinski definition) is 4. The van der Waals surface area contributed by atoms with E-state index >= 15 is 0 Å². The van der Waals surface area contributed by atoms with Crippen LogP contribution in [0.15, 0.2) is 176 Å². The summed E-state index contributed by atoms with van der Waals surface area (Å²) in [5.74, 6) is 0. The second-order valence-corrected chi connectivity index (χ2v) is 27.7. The van der Waals surface area contributed by atoms with Gasteiger partial charge >= 0.3 is 0 Å². The van der Waals surface area contributed by atoms with Gasteiger partial charge in [0, 0.05) is 50.6 Å². The second kappa shape index (κ2) is 23.7. The van der Waals surface area contributed by atoms with Crippen LogP contribution in [0.2, 0.25) is 0 Å². The van der Waals surface area contributed by atoms with Gasteiger partial charge in [0.15, 0.2) is 0 Å². The summed E-state index contributed by atoms with van der Waals surface area (Å²) in [7, 11) is -2.58. The van der Waals surface area contributed by atoms with Gasteiger partial charge in [-0.1, -0.05) is 148 Å². The molecular weight excluding hydrogens is 911 g/mol. The van der Waals surface area contributed by atoms with Crippen LogP contribution in [0.1, 0.15) is 26.3 Å². The molecule has 2 saturated heterocycles. The summed E-state index contributed by atoms with van der Waals surface area (Å²) in [5, 5.41) is 14.7. The topological polar surface area (TPSA) is 13.0 Å². The smallest absolute Gasteiger partial charge is 0.118 e. The van der Waals surface area contributed by atoms with Gasteiger partial charge in [-0.15, -0.1) is 0 Å². The minimum Gasteiger partial charge on any atom is -0.268 e. The van der Waals surface area contributed by atoms with E-state index in [2.05, 4.69) is 216 Å². The van der Waals surface area contributed by atoms with Crippen molar-refractivity contribution in [3.05, 3.63) is 181 Å². The van der Waals surface area contributed by atoms with Crippen LogP contribution in [-0.2, 0) is 23.0 Å². The van der Waals surface area contributed by atoms with E-state index in [0.29, 0.717) is 0 Å². The molecule has 2 aliphatic rings. The van der Waals surface area contributed by atoms with Crippen LogP contribution in [0.25, 0.3) is 32.3 Å². The van der Waals surface area contributed by atoms with Crippen molar-refractivity contribution < 1.29 is 16.5 Å². The van der Waals surface area contributed by atoms with Crippen LogP contribution in [0.3, 0.4) is 0 Å². The maximum Gasteiger partial charge on any atom is 0.118 e. The van der Waals surface area contributed by atoms with Crippen molar-refractivity contribution in [3.8, 4) is 0 Å². The van der Waals surface area contributed by atoms with Gasteiger partial charge < -0.3 is 0 Å². The normalized spacial score (nSPS) is 20.8. The molecule has 0 radical (unpaired) electrons. The molecule has 9 heteroatoms. The van der Waals surface area contributed by atoms with E-state index in [1.165, 1.54) is 108 Å². The number of nitrogens with zero attached hydrogens (tertiary/aromatic N) is 4. The van der Waals surface area contributed by atoms with Crippen molar-refractivity contribution in [2.24, 2.45) is 0 Å². The predicted octanol–water partition coefficient (Wildman–Crippen LogP) is 11.2. The van der Waals surface area contributed by atoms with Crippen molar-refractivity contribution in [1.82, 2.24) is 19.6 Å². The molecule has 0 aliphatic carbocycles. The fourth-order valence-electron chi connectivity index (χ4n) is 10.1. The quantitative estimate of drug-likeness (QED) is 0.0812. The molecule has 0 saturated carbocycles. The molecule has 10 rings (SSSR count). The zero-order valence-corrected chi connectivity index (χ0v) is 43.5. The van der Waals surface area contributed by atoms with Crippen molar-refractivity contribution in [2.75, 3.05) is 76.3 Å². The largest absolute Gasteiger partial charge is 0.268 e. The Labute approximate surface area is 404 Å². The molecule has 2 fully saturated rings. The summed E-state index contributed by atoms with van der Waals surface area (Å²) in [6.45, 7) is 12.8. The molecule has 0 bridgehead atoms. The first-order chi connectivity index (χ1) is 31.6. The minimum atomic E-state index is -0.750. The molecule has 4 nitrogen and oxygen atoms in total. The molecule has 338 valence electrons. The first-order valence-electron chi connectivity index (χ1n) is 23.7. The average Bonchev–Trinajstić information content (AvgIpc) is 3.45. The molecule has 4 atom stereocenters. The van der Waals surface area contributed by atoms with Crippen molar-refractivity contribution in [2.45, 2.75) is 27.3 Å². The third-order valence-corrected chi connectivity index (χ3v) is 24.9. The molecular formula is C56H68N4NiP4+4. The second-order valence-electron chi connectivity index (χ2n) is 17.8. The molecule has 0 aromatic heterocycles. The fraction of sp³-hybridized carbons (Fsp3) is 0.286. The van der Waals surface area contributed by atoms with Crippen molar-refractivity contribution in [1.29, 1.82) is 0 Å². The monoisotopic (exact) mass is 978 g/mol. The van der Waals surface area contributed by atoms with Gasteiger partial charge in [-0.3, -0.25) is 4.90 Å². The molecule has 0 spiro atoms. The van der Waals surface area contributed by atoms with Crippen LogP contribution in [0.5, 0.6) is 0 Å². The summed E-state index contributed by atoms with van der Waals surface area (Å²) in [5.41, 5.74) is 1.47. The average molecular weight is 980 g/mol. The molecule has 2 aliphatic heterocycles. The van der Waals surface area contributed by atoms with Crippen LogP contribution in [-0.4, -0.2) is 95.9 Å². The van der Waals surface area contributed by atoms with Gasteiger partial charge in [-0.05, 0) is 93.0 Å². The van der Waals surface area contributed by atoms with Gasteiger partial charge in [0.2, 0.25) is 0 Å². The van der Waals surface area contributed by atoms with E-state index in [9.17, 15) is 0 Å². The first-order valence-corrected chi connectivity index (χ1v) is 31.4. The van der Waals surface area contributed by atoms with E-state index in [-0.39, 0.29) is 16.5 Å². The Bertz CT molecular complexity index is 2590. The van der Waals surface area contributed by atoms with Gasteiger partial charge in [0.05, 0.1) is 51.1 Å². The first kappa shape index (κ1) is 48.3. The van der Waals surface area contributed by atoms with Crippen LogP contribution in [0.4, 0.5) is 0 Å². The molecule has 65 heavy (non-hydrogen) atoms. The van der Waals surface area contributed by atoms with Gasteiger partial charge in [0.1, 0.15) is 44.0 Å². The molecule has 8 aromatic carbocycles. The van der Waals surface area contributed by atoms with Gasteiger partial charge in [0.25, 0.3) is 0 Å². The minimum absolute atomic E-state index is 0. The van der Waals surface area contributed by atoms with E-state index in [4.69, 9.17) is 0 Å². The molecule has 0 N–H and O–H groups in total. The summed E-state index contributed by atoms with van der Waals surface area (Å²) >= 11 is 0. The Balaban J connectivity index is 0.000000192. The fourth-order valence-corrected chi connectivity index (χ4v) is 22.0. The maximum atomic E-state index is 2.84. The van der Waals surface area contributed by atoms with Crippen LogP contribution in [0, 0.1) is 0 Å². The van der Waals surface area contributed by atoms with Crippen molar-refractivity contribution in [3.63, 3.8) is 0 Å². The Hall–Kier alpha value is -3.15. The number of benzene rings is 8. The van der Waals surface area contributed by atoms with Crippen LogP contribution < -0.4 is 21.2 Å². The van der Waals surface area contributed by atoms with E-state index < -0.39 is 31.7 Å². The SMILES string of the molecule is CCN1CC[PH+](c2ccccc2)CN(CC)C[PH+](c2ccccc2)C1.CCN1C[PH+](c2ccccc2)CN(Cc2ccc3ccc4cccc5ccc2c3c45)C[PH+](c2ccccc2)C1.[Ni]. The zero-order chi connectivity index (χ0) is 43.7. The summed E-state index contributed by atoms with van der Waals surface area (Å²) < 4.78 is 0. The maximum absolute atomic E-state index is 2.84. The summed E-state index contributed by atoms with van der Waals surface area (Å²) in [6, 6.07) is 66.1. The molecule has 0 amide bonds. The molecule has 4 unspecified atom stereocenters. The standard InChI is InChI=1S/C35H34N2P2.C21H30N2P2.Ni/c1-2-36-23-38(31-12-5-3-6-13-31)25-37(26-39(24-36)32-14-7-4-8-15-32)22-30-19-18-29-17-16-27-10-9-11-28-20-21-33(30)35(29)34(27)28;1-3-22-15-16-24(20-11-7-5-8-12-20)18-23(4-2)19-25(17-22)21-13-9-6-10-14-21;/h3-21H,2,22-26H2,1H3;5-14H,3-4,15-19H2,1-2H3;/p+4. The van der Waals surface area contributed by atoms with Gasteiger partial charge in [-0.2, -0.15) is 0 Å². The summed E-state index contributed by atoms with van der Waals surface area (Å²) in [4.78, 5) is 11.1. The third kappa shape index (κ3) is 11.9. The van der Waals surface area contributed by atoms with E-state index in [1.54, 1.807) is 21.2 Å². The van der Waals surface area contributed by atoms with Crippen LogP contribution >= 0.6 is 31.7 Å². The Kier molecular flexibility index (Phi) is 17.6. The van der Waals surface area contributed by atoms with E-state index in [0.717, 1.165) is 13.1 Å².